The molecule has 0 amide bonds. The molecule has 0 saturated carbocycles. The van der Waals surface area contributed by atoms with Crippen molar-refractivity contribution >= 4 is 23.2 Å². The summed E-state index contributed by atoms with van der Waals surface area (Å²) in [6.07, 6.45) is 5.80. The summed E-state index contributed by atoms with van der Waals surface area (Å²) in [4.78, 5) is 11.5. The number of nitrogens with zero attached hydrogens (tertiary/aromatic N) is 2. The first-order valence-corrected chi connectivity index (χ1v) is 5.83. The summed E-state index contributed by atoms with van der Waals surface area (Å²) in [6, 6.07) is 0. The molecule has 0 saturated heterocycles. The van der Waals surface area contributed by atoms with E-state index < -0.39 is 0 Å². The number of rotatable bonds is 5. The number of unbranched alkanes of at least 4 members (excludes halogenated alkanes) is 3. The molecule has 0 fully saturated rings. The van der Waals surface area contributed by atoms with Gasteiger partial charge in [-0.1, -0.05) is 49.4 Å². The minimum absolute atomic E-state index is 0.0576. The van der Waals surface area contributed by atoms with Crippen molar-refractivity contribution in [3.63, 3.8) is 0 Å². The van der Waals surface area contributed by atoms with Crippen LogP contribution in [-0.2, 0) is 6.54 Å². The predicted octanol–water partition coefficient (Wildman–Crippen LogP) is 3.13. The first-order chi connectivity index (χ1) is 7.16. The molecule has 0 N–H and O–H groups in total. The summed E-state index contributed by atoms with van der Waals surface area (Å²) in [7, 11) is 0. The molecule has 0 aromatic carbocycles. The Morgan fingerprint density at radius 3 is 2.73 bits per heavy atom. The highest BCUT2D eigenvalue weighted by molar-refractivity contribution is 6.41. The Morgan fingerprint density at radius 1 is 1.33 bits per heavy atom. The van der Waals surface area contributed by atoms with Crippen molar-refractivity contribution in [3.8, 4) is 0 Å². The van der Waals surface area contributed by atoms with E-state index in [1.807, 2.05) is 0 Å². The lowest BCUT2D eigenvalue weighted by Crippen LogP contribution is -2.23. The second kappa shape index (κ2) is 6.13. The number of hydrogen-bond donors (Lipinski definition) is 0. The molecule has 3 nitrogen and oxygen atoms in total. The van der Waals surface area contributed by atoms with Crippen LogP contribution in [0.3, 0.4) is 0 Å². The fraction of sp³-hybridized carbons (Fsp3) is 0.600. The van der Waals surface area contributed by atoms with Gasteiger partial charge < -0.3 is 0 Å². The molecule has 1 rings (SSSR count). The summed E-state index contributed by atoms with van der Waals surface area (Å²) >= 11 is 11.4. The molecule has 1 aromatic rings. The van der Waals surface area contributed by atoms with E-state index in [0.717, 1.165) is 12.8 Å². The Morgan fingerprint density at radius 2 is 2.07 bits per heavy atom. The maximum absolute atomic E-state index is 11.5. The summed E-state index contributed by atoms with van der Waals surface area (Å²) in [6.45, 7) is 2.75. The van der Waals surface area contributed by atoms with Crippen LogP contribution < -0.4 is 5.56 Å². The largest absolute Gasteiger partial charge is 0.287 e. The topological polar surface area (TPSA) is 34.9 Å². The molecule has 1 heterocycles. The highest BCUT2D eigenvalue weighted by Gasteiger charge is 2.06. The van der Waals surface area contributed by atoms with E-state index >= 15 is 0 Å². The SMILES string of the molecule is CCCCCCn1ncc(Cl)c(Cl)c1=O. The highest BCUT2D eigenvalue weighted by Crippen LogP contribution is 2.14. The first kappa shape index (κ1) is 12.5. The van der Waals surface area contributed by atoms with Crippen LogP contribution in [0.25, 0.3) is 0 Å². The summed E-state index contributed by atoms with van der Waals surface area (Å²) in [5, 5.41) is 4.20. The van der Waals surface area contributed by atoms with Crippen molar-refractivity contribution in [1.82, 2.24) is 9.78 Å². The van der Waals surface area contributed by atoms with Crippen LogP contribution in [0.5, 0.6) is 0 Å². The van der Waals surface area contributed by atoms with E-state index in [9.17, 15) is 4.79 Å². The zero-order chi connectivity index (χ0) is 11.3. The van der Waals surface area contributed by atoms with E-state index in [-0.39, 0.29) is 15.6 Å². The molecule has 0 spiro atoms. The third-order valence-electron chi connectivity index (χ3n) is 2.17. The lowest BCUT2D eigenvalue weighted by atomic mass is 10.2. The first-order valence-electron chi connectivity index (χ1n) is 5.08. The number of hydrogen-bond acceptors (Lipinski definition) is 2. The van der Waals surface area contributed by atoms with Gasteiger partial charge in [0.1, 0.15) is 5.02 Å². The molecule has 0 atom stereocenters. The van der Waals surface area contributed by atoms with E-state index in [1.54, 1.807) is 0 Å². The van der Waals surface area contributed by atoms with Crippen LogP contribution in [0.15, 0.2) is 11.0 Å². The van der Waals surface area contributed by atoms with Crippen LogP contribution in [0, 0.1) is 0 Å². The van der Waals surface area contributed by atoms with E-state index in [1.165, 1.54) is 23.7 Å². The molecule has 15 heavy (non-hydrogen) atoms. The Bertz CT molecular complexity index is 376. The Labute approximate surface area is 99.0 Å². The van der Waals surface area contributed by atoms with E-state index in [4.69, 9.17) is 23.2 Å². The van der Waals surface area contributed by atoms with E-state index in [2.05, 4.69) is 12.0 Å². The molecule has 0 aliphatic rings. The number of halogens is 2. The quantitative estimate of drug-likeness (QED) is 0.751. The summed E-state index contributed by atoms with van der Waals surface area (Å²) < 4.78 is 1.36. The van der Waals surface area contributed by atoms with Crippen LogP contribution in [0.1, 0.15) is 32.6 Å². The van der Waals surface area contributed by atoms with Gasteiger partial charge in [0, 0.05) is 6.54 Å². The fourth-order valence-corrected chi connectivity index (χ4v) is 1.56. The molecular formula is C10H14Cl2N2O. The molecule has 0 aliphatic heterocycles. The predicted molar refractivity (Wildman–Crippen MR) is 62.7 cm³/mol. The van der Waals surface area contributed by atoms with Crippen molar-refractivity contribution in [2.45, 2.75) is 39.2 Å². The second-order valence-corrected chi connectivity index (χ2v) is 4.18. The zero-order valence-electron chi connectivity index (χ0n) is 8.67. The molecule has 0 unspecified atom stereocenters. The minimum Gasteiger partial charge on any atom is -0.266 e. The van der Waals surface area contributed by atoms with Gasteiger partial charge in [-0.3, -0.25) is 4.79 Å². The third-order valence-corrected chi connectivity index (χ3v) is 2.91. The second-order valence-electron chi connectivity index (χ2n) is 3.40. The van der Waals surface area contributed by atoms with Gasteiger partial charge in [-0.05, 0) is 6.42 Å². The van der Waals surface area contributed by atoms with Gasteiger partial charge in [-0.25, -0.2) is 4.68 Å². The summed E-state index contributed by atoms with van der Waals surface area (Å²) in [5.74, 6) is 0. The highest BCUT2D eigenvalue weighted by atomic mass is 35.5. The number of aromatic nitrogens is 2. The van der Waals surface area contributed by atoms with Gasteiger partial charge in [0.2, 0.25) is 0 Å². The van der Waals surface area contributed by atoms with Crippen LogP contribution >= 0.6 is 23.2 Å². The van der Waals surface area contributed by atoms with Crippen LogP contribution in [0.4, 0.5) is 0 Å². The molecule has 0 bridgehead atoms. The monoisotopic (exact) mass is 248 g/mol. The van der Waals surface area contributed by atoms with Gasteiger partial charge >= 0.3 is 0 Å². The Hall–Kier alpha value is -0.540. The van der Waals surface area contributed by atoms with Crippen LogP contribution in [0.2, 0.25) is 10.0 Å². The Kier molecular flexibility index (Phi) is 5.12. The smallest absolute Gasteiger partial charge is 0.266 e. The average Bonchev–Trinajstić information content (AvgIpc) is 2.24. The van der Waals surface area contributed by atoms with Crippen LogP contribution in [-0.4, -0.2) is 9.78 Å². The lowest BCUT2D eigenvalue weighted by molar-refractivity contribution is 0.519. The van der Waals surface area contributed by atoms with E-state index in [0.29, 0.717) is 6.54 Å². The molecule has 5 heteroatoms. The third kappa shape index (κ3) is 3.50. The molecule has 0 radical (unpaired) electrons. The normalized spacial score (nSPS) is 10.6. The van der Waals surface area contributed by atoms with Gasteiger partial charge in [-0.2, -0.15) is 5.10 Å². The van der Waals surface area contributed by atoms with Crippen molar-refractivity contribution in [2.24, 2.45) is 0 Å². The average molecular weight is 249 g/mol. The van der Waals surface area contributed by atoms with Gasteiger partial charge in [0.05, 0.1) is 11.2 Å². The maximum atomic E-state index is 11.5. The zero-order valence-corrected chi connectivity index (χ0v) is 10.2. The van der Waals surface area contributed by atoms with Crippen molar-refractivity contribution < 1.29 is 0 Å². The maximum Gasteiger partial charge on any atom is 0.287 e. The fourth-order valence-electron chi connectivity index (χ4n) is 1.29. The lowest BCUT2D eigenvalue weighted by Gasteiger charge is -2.04. The molecular weight excluding hydrogens is 235 g/mol. The van der Waals surface area contributed by atoms with Gasteiger partial charge in [0.15, 0.2) is 0 Å². The standard InChI is InChI=1S/C10H14Cl2N2O/c1-2-3-4-5-6-14-10(15)9(12)8(11)7-13-14/h7H,2-6H2,1H3. The van der Waals surface area contributed by atoms with Crippen molar-refractivity contribution in [3.05, 3.63) is 26.6 Å². The number of aryl methyl sites for hydroxylation is 1. The van der Waals surface area contributed by atoms with Gasteiger partial charge in [-0.15, -0.1) is 0 Å². The molecule has 0 aliphatic carbocycles. The minimum atomic E-state index is -0.305. The molecule has 84 valence electrons. The van der Waals surface area contributed by atoms with Crippen molar-refractivity contribution in [1.29, 1.82) is 0 Å². The van der Waals surface area contributed by atoms with Crippen molar-refractivity contribution in [2.75, 3.05) is 0 Å². The summed E-state index contributed by atoms with van der Waals surface area (Å²) in [5.41, 5.74) is -0.305. The van der Waals surface area contributed by atoms with Gasteiger partial charge in [0.25, 0.3) is 5.56 Å². The molecule has 1 aromatic heterocycles. The Balaban J connectivity index is 2.63.